The molecule has 1 saturated carbocycles. The SMILES string of the molecule is C=CCOC(=O)NCCCC[C@@H](NC(=O)CCCc1ccc(I)cc1)C(=O)NCC1CCC(C(=O)N[C@@H](Cc2ccc3ccccc3c2)C(=O)CCCCC[C@H](CC(=O)C[C@@H](CCC(=O)OC(C)(C)C)C(=O)OC(C)(C)C)C(=O)OC)CC1. The number of methoxy groups -OCH3 is 1. The number of Topliss-reactive ketones (excluding diaryl/α,β-unsaturated/α-hetero) is 2. The standard InChI is InChI=1S/C65H91IN4O13/c1-9-38-81-63(79)67-37-16-15-22-54(69-57(73)24-17-18-44-28-34-52(66)35-29-44)60(76)68-43-45-25-31-48(32-26-45)59(75)70-55(40-46-27-30-47-19-13-14-20-49(47)39-46)56(72)23-12-10-11-21-50(61(77)80-8)41-53(71)42-51(62(78)83-65(5,6)7)33-36-58(74)82-64(2,3)4/h9,13-14,19-20,27-30,34-35,39,45,48,50-51,54-55H,1,10-12,15-18,21-26,31-33,36-38,40-43H2,2-8H3,(H,67,79)(H,68,76)(H,69,73)(H,70,75)/t45?,48?,50-,51-,54-,55+/m1/s1. The minimum atomic E-state index is -0.914. The van der Waals surface area contributed by atoms with E-state index in [4.69, 9.17) is 18.9 Å². The van der Waals surface area contributed by atoms with Crippen molar-refractivity contribution in [2.75, 3.05) is 26.8 Å². The summed E-state index contributed by atoms with van der Waals surface area (Å²) in [5.74, 6) is -4.70. The smallest absolute Gasteiger partial charge is 0.407 e. The number of fused-ring (bicyclic) bond motifs is 1. The molecule has 0 bridgehead atoms. The van der Waals surface area contributed by atoms with Gasteiger partial charge in [-0.1, -0.05) is 80.1 Å². The summed E-state index contributed by atoms with van der Waals surface area (Å²) < 4.78 is 22.2. The molecule has 4 rings (SSSR count). The number of hydrogen-bond acceptors (Lipinski definition) is 13. The van der Waals surface area contributed by atoms with Crippen LogP contribution in [-0.2, 0) is 70.1 Å². The van der Waals surface area contributed by atoms with Gasteiger partial charge in [-0.05, 0) is 188 Å². The average molecular weight is 1260 g/mol. The van der Waals surface area contributed by atoms with Crippen LogP contribution in [-0.4, -0.2) is 103 Å². The van der Waals surface area contributed by atoms with Crippen molar-refractivity contribution in [1.29, 1.82) is 0 Å². The van der Waals surface area contributed by atoms with Crippen LogP contribution in [0, 0.1) is 27.2 Å². The van der Waals surface area contributed by atoms with Gasteiger partial charge in [-0.15, -0.1) is 0 Å². The van der Waals surface area contributed by atoms with Crippen LogP contribution in [0.2, 0.25) is 0 Å². The predicted octanol–water partition coefficient (Wildman–Crippen LogP) is 10.7. The Morgan fingerprint density at radius 3 is 1.98 bits per heavy atom. The molecule has 0 spiro atoms. The molecule has 1 fully saturated rings. The maximum absolute atomic E-state index is 14.1. The fourth-order valence-corrected chi connectivity index (χ4v) is 10.5. The molecule has 3 aromatic carbocycles. The van der Waals surface area contributed by atoms with Crippen molar-refractivity contribution in [3.63, 3.8) is 0 Å². The third-order valence-electron chi connectivity index (χ3n) is 14.5. The van der Waals surface area contributed by atoms with Gasteiger partial charge in [-0.2, -0.15) is 0 Å². The summed E-state index contributed by atoms with van der Waals surface area (Å²) in [6.45, 7) is 14.8. The third-order valence-corrected chi connectivity index (χ3v) is 15.2. The minimum Gasteiger partial charge on any atom is -0.469 e. The van der Waals surface area contributed by atoms with Crippen LogP contribution in [0.4, 0.5) is 4.79 Å². The van der Waals surface area contributed by atoms with E-state index in [9.17, 15) is 43.2 Å². The van der Waals surface area contributed by atoms with Gasteiger partial charge in [0.25, 0.3) is 0 Å². The van der Waals surface area contributed by atoms with Crippen LogP contribution in [0.15, 0.2) is 79.4 Å². The number of rotatable bonds is 35. The Kier molecular flexibility index (Phi) is 29.9. The Bertz CT molecular complexity index is 2620. The molecular weight excluding hydrogens is 1170 g/mol. The quantitative estimate of drug-likeness (QED) is 0.0141. The predicted molar refractivity (Wildman–Crippen MR) is 328 cm³/mol. The number of amides is 4. The lowest BCUT2D eigenvalue weighted by Gasteiger charge is -2.30. The first-order chi connectivity index (χ1) is 39.4. The van der Waals surface area contributed by atoms with E-state index in [1.54, 1.807) is 41.5 Å². The second-order valence-corrected chi connectivity index (χ2v) is 25.2. The first-order valence-corrected chi connectivity index (χ1v) is 30.7. The van der Waals surface area contributed by atoms with Gasteiger partial charge in [0.05, 0.1) is 25.0 Å². The number of unbranched alkanes of at least 4 members (excludes halogenated alkanes) is 3. The monoisotopic (exact) mass is 1260 g/mol. The molecule has 1 aliphatic rings. The summed E-state index contributed by atoms with van der Waals surface area (Å²) in [4.78, 5) is 119. The lowest BCUT2D eigenvalue weighted by molar-refractivity contribution is -0.162. The Hall–Kier alpha value is -6.18. The van der Waals surface area contributed by atoms with E-state index in [0.29, 0.717) is 96.6 Å². The van der Waals surface area contributed by atoms with Crippen LogP contribution < -0.4 is 21.3 Å². The van der Waals surface area contributed by atoms with Crippen LogP contribution >= 0.6 is 22.6 Å². The molecule has 1 aliphatic carbocycles. The number of benzene rings is 3. The molecule has 4 amide bonds. The number of carbonyl (C=O) groups excluding carboxylic acids is 9. The van der Waals surface area contributed by atoms with E-state index in [0.717, 1.165) is 31.9 Å². The number of aryl methyl sites for hydroxylation is 1. The second kappa shape index (κ2) is 35.8. The van der Waals surface area contributed by atoms with E-state index in [1.165, 1.54) is 13.2 Å². The van der Waals surface area contributed by atoms with Crippen molar-refractivity contribution in [3.05, 3.63) is 94.1 Å². The Balaban J connectivity index is 1.32. The van der Waals surface area contributed by atoms with Crippen molar-refractivity contribution in [1.82, 2.24) is 21.3 Å². The van der Waals surface area contributed by atoms with Crippen molar-refractivity contribution < 1.29 is 62.1 Å². The zero-order chi connectivity index (χ0) is 61.0. The van der Waals surface area contributed by atoms with E-state index < -0.39 is 59.1 Å². The maximum Gasteiger partial charge on any atom is 0.407 e. The average Bonchev–Trinajstić information content (AvgIpc) is 3.62. The van der Waals surface area contributed by atoms with E-state index in [2.05, 4.69) is 50.4 Å². The number of nitrogens with one attached hydrogen (secondary N) is 4. The Labute approximate surface area is 505 Å². The molecule has 4 N–H and O–H groups in total. The van der Waals surface area contributed by atoms with Gasteiger partial charge in [0.2, 0.25) is 17.7 Å². The highest BCUT2D eigenvalue weighted by Gasteiger charge is 2.33. The molecule has 83 heavy (non-hydrogen) atoms. The second-order valence-electron chi connectivity index (χ2n) is 23.9. The van der Waals surface area contributed by atoms with Crippen LogP contribution in [0.5, 0.6) is 0 Å². The topological polar surface area (TPSA) is 239 Å². The molecule has 0 unspecified atom stereocenters. The molecular formula is C65H91IN4O13. The number of carbonyl (C=O) groups is 9. The molecule has 0 heterocycles. The fourth-order valence-electron chi connectivity index (χ4n) is 10.1. The van der Waals surface area contributed by atoms with Gasteiger partial charge in [0.1, 0.15) is 29.6 Å². The molecule has 0 aromatic heterocycles. The third kappa shape index (κ3) is 27.8. The molecule has 17 nitrogen and oxygen atoms in total. The van der Waals surface area contributed by atoms with Gasteiger partial charge in [0, 0.05) is 54.7 Å². The zero-order valence-corrected chi connectivity index (χ0v) is 52.2. The van der Waals surface area contributed by atoms with E-state index in [-0.39, 0.29) is 86.3 Å². The molecule has 0 radical (unpaired) electrons. The molecule has 3 aromatic rings. The lowest BCUT2D eigenvalue weighted by atomic mass is 9.81. The normalized spacial score (nSPS) is 15.8. The molecule has 0 saturated heterocycles. The van der Waals surface area contributed by atoms with Crippen molar-refractivity contribution in [2.45, 2.75) is 193 Å². The summed E-state index contributed by atoms with van der Waals surface area (Å²) in [7, 11) is 1.26. The fraction of sp³-hybridized carbons (Fsp3) is 0.585. The van der Waals surface area contributed by atoms with Crippen molar-refractivity contribution in [2.24, 2.45) is 23.7 Å². The number of ether oxygens (including phenoxy) is 4. The van der Waals surface area contributed by atoms with Gasteiger partial charge >= 0.3 is 24.0 Å². The first-order valence-electron chi connectivity index (χ1n) is 29.6. The van der Waals surface area contributed by atoms with Gasteiger partial charge < -0.3 is 40.2 Å². The molecule has 0 aliphatic heterocycles. The van der Waals surface area contributed by atoms with E-state index >= 15 is 0 Å². The van der Waals surface area contributed by atoms with Gasteiger partial charge in [-0.25, -0.2) is 4.79 Å². The summed E-state index contributed by atoms with van der Waals surface area (Å²) in [6.07, 6.45) is 8.51. The van der Waals surface area contributed by atoms with Gasteiger partial charge in [-0.3, -0.25) is 38.4 Å². The van der Waals surface area contributed by atoms with Crippen molar-refractivity contribution in [3.8, 4) is 0 Å². The van der Waals surface area contributed by atoms with Crippen LogP contribution in [0.3, 0.4) is 0 Å². The number of alkyl carbamates (subject to hydrolysis) is 1. The van der Waals surface area contributed by atoms with Gasteiger partial charge in [0.15, 0.2) is 5.78 Å². The van der Waals surface area contributed by atoms with Crippen LogP contribution in [0.1, 0.15) is 168 Å². The Morgan fingerprint density at radius 1 is 0.663 bits per heavy atom. The molecule has 456 valence electrons. The number of esters is 3. The van der Waals surface area contributed by atoms with E-state index in [1.807, 2.05) is 66.7 Å². The number of halogens is 1. The largest absolute Gasteiger partial charge is 0.469 e. The first kappa shape index (κ1) is 69.3. The van der Waals surface area contributed by atoms with Crippen molar-refractivity contribution >= 4 is 86.7 Å². The highest BCUT2D eigenvalue weighted by atomic mass is 127. The lowest BCUT2D eigenvalue weighted by Crippen LogP contribution is -2.48. The molecule has 4 atom stereocenters. The summed E-state index contributed by atoms with van der Waals surface area (Å²) in [5, 5.41) is 13.9. The summed E-state index contributed by atoms with van der Waals surface area (Å²) in [6, 6.07) is 20.6. The Morgan fingerprint density at radius 2 is 1.31 bits per heavy atom. The van der Waals surface area contributed by atoms with Crippen LogP contribution in [0.25, 0.3) is 10.8 Å². The highest BCUT2D eigenvalue weighted by Crippen LogP contribution is 2.30. The highest BCUT2D eigenvalue weighted by molar-refractivity contribution is 14.1. The minimum absolute atomic E-state index is 0.0417. The summed E-state index contributed by atoms with van der Waals surface area (Å²) in [5.41, 5.74) is 0.504. The molecule has 18 heteroatoms. The maximum atomic E-state index is 14.1. The zero-order valence-electron chi connectivity index (χ0n) is 50.0. The summed E-state index contributed by atoms with van der Waals surface area (Å²) >= 11 is 2.25. The number of hydrogen-bond donors (Lipinski definition) is 4. The number of ketones is 2.